The number of rotatable bonds is 4. The van der Waals surface area contributed by atoms with Crippen LogP contribution >= 0.6 is 12.2 Å². The number of likely N-dealkylation sites (N-methyl/N-ethyl adjacent to an activating group) is 1. The zero-order chi connectivity index (χ0) is 14.5. The molecule has 0 aliphatic heterocycles. The SMILES string of the molecule is C[NH+](C)CCNC(=S)Nc1cccc(C(F)(F)F)c1. The van der Waals surface area contributed by atoms with E-state index >= 15 is 0 Å². The number of hydrogen-bond donors (Lipinski definition) is 3. The van der Waals surface area contributed by atoms with Crippen LogP contribution in [0.3, 0.4) is 0 Å². The van der Waals surface area contributed by atoms with Gasteiger partial charge in [0.2, 0.25) is 0 Å². The van der Waals surface area contributed by atoms with E-state index < -0.39 is 11.7 Å². The van der Waals surface area contributed by atoms with Crippen LogP contribution in [0, 0.1) is 0 Å². The molecule has 7 heteroatoms. The van der Waals surface area contributed by atoms with Gasteiger partial charge in [-0.2, -0.15) is 13.2 Å². The third-order valence-electron chi connectivity index (χ3n) is 2.36. The van der Waals surface area contributed by atoms with Gasteiger partial charge in [-0.05, 0) is 30.4 Å². The van der Waals surface area contributed by atoms with Crippen LogP contribution in [0.1, 0.15) is 5.56 Å². The van der Waals surface area contributed by atoms with Crippen molar-refractivity contribution in [1.82, 2.24) is 5.32 Å². The molecule has 106 valence electrons. The molecule has 0 unspecified atom stereocenters. The average Bonchev–Trinajstić information content (AvgIpc) is 2.27. The lowest BCUT2D eigenvalue weighted by Crippen LogP contribution is -3.06. The van der Waals surface area contributed by atoms with Crippen molar-refractivity contribution in [3.63, 3.8) is 0 Å². The smallest absolute Gasteiger partial charge is 0.357 e. The Bertz CT molecular complexity index is 432. The van der Waals surface area contributed by atoms with Crippen LogP contribution < -0.4 is 15.5 Å². The summed E-state index contributed by atoms with van der Waals surface area (Å²) in [6.07, 6.45) is -4.35. The lowest BCUT2D eigenvalue weighted by molar-refractivity contribution is -0.856. The summed E-state index contributed by atoms with van der Waals surface area (Å²) in [4.78, 5) is 1.26. The average molecular weight is 292 g/mol. The van der Waals surface area contributed by atoms with Crippen molar-refractivity contribution in [1.29, 1.82) is 0 Å². The van der Waals surface area contributed by atoms with E-state index in [0.717, 1.165) is 18.7 Å². The predicted octanol–water partition coefficient (Wildman–Crippen LogP) is 1.14. The van der Waals surface area contributed by atoms with Crippen LogP contribution in [0.5, 0.6) is 0 Å². The van der Waals surface area contributed by atoms with E-state index in [2.05, 4.69) is 10.6 Å². The highest BCUT2D eigenvalue weighted by atomic mass is 32.1. The molecule has 0 heterocycles. The maximum absolute atomic E-state index is 12.5. The van der Waals surface area contributed by atoms with Crippen LogP contribution in [0.25, 0.3) is 0 Å². The highest BCUT2D eigenvalue weighted by Crippen LogP contribution is 2.30. The number of benzene rings is 1. The summed E-state index contributed by atoms with van der Waals surface area (Å²) < 4.78 is 37.6. The van der Waals surface area contributed by atoms with Gasteiger partial charge < -0.3 is 15.5 Å². The van der Waals surface area contributed by atoms with Gasteiger partial charge >= 0.3 is 6.18 Å². The zero-order valence-corrected chi connectivity index (χ0v) is 11.6. The van der Waals surface area contributed by atoms with Crippen LogP contribution in [-0.4, -0.2) is 32.3 Å². The van der Waals surface area contributed by atoms with Crippen molar-refractivity contribution in [3.8, 4) is 0 Å². The fraction of sp³-hybridized carbons (Fsp3) is 0.417. The van der Waals surface area contributed by atoms with Crippen molar-refractivity contribution in [2.24, 2.45) is 0 Å². The topological polar surface area (TPSA) is 28.5 Å². The highest BCUT2D eigenvalue weighted by Gasteiger charge is 2.30. The molecule has 3 N–H and O–H groups in total. The Kier molecular flexibility index (Phi) is 5.56. The van der Waals surface area contributed by atoms with Gasteiger partial charge in [0.05, 0.1) is 32.7 Å². The number of hydrogen-bond acceptors (Lipinski definition) is 1. The monoisotopic (exact) mass is 292 g/mol. The molecule has 1 aromatic carbocycles. The Morgan fingerprint density at radius 2 is 2.00 bits per heavy atom. The molecule has 1 rings (SSSR count). The van der Waals surface area contributed by atoms with Gasteiger partial charge in [-0.15, -0.1) is 0 Å². The Morgan fingerprint density at radius 3 is 2.58 bits per heavy atom. The van der Waals surface area contributed by atoms with Crippen molar-refractivity contribution in [2.75, 3.05) is 32.5 Å². The first kappa shape index (κ1) is 15.7. The second-order valence-corrected chi connectivity index (χ2v) is 4.82. The van der Waals surface area contributed by atoms with Crippen LogP contribution in [0.15, 0.2) is 24.3 Å². The second-order valence-electron chi connectivity index (χ2n) is 4.42. The summed E-state index contributed by atoms with van der Waals surface area (Å²) in [5.41, 5.74) is -0.373. The zero-order valence-electron chi connectivity index (χ0n) is 10.8. The van der Waals surface area contributed by atoms with Gasteiger partial charge in [0, 0.05) is 5.69 Å². The predicted molar refractivity (Wildman–Crippen MR) is 73.3 cm³/mol. The minimum Gasteiger partial charge on any atom is -0.357 e. The van der Waals surface area contributed by atoms with Crippen LogP contribution in [-0.2, 0) is 6.18 Å². The Hall–Kier alpha value is -1.34. The number of anilines is 1. The molecular formula is C12H17F3N3S+. The Labute approximate surface area is 115 Å². The Balaban J connectivity index is 2.55. The molecule has 3 nitrogen and oxygen atoms in total. The molecule has 0 aliphatic carbocycles. The number of halogens is 3. The number of thiocarbonyl (C=S) groups is 1. The molecule has 0 saturated heterocycles. The summed E-state index contributed by atoms with van der Waals surface area (Å²) in [5, 5.41) is 6.00. The fourth-order valence-electron chi connectivity index (χ4n) is 1.37. The van der Waals surface area contributed by atoms with E-state index in [4.69, 9.17) is 12.2 Å². The summed E-state index contributed by atoms with van der Waals surface area (Å²) >= 11 is 5.01. The summed E-state index contributed by atoms with van der Waals surface area (Å²) in [6.45, 7) is 1.53. The maximum atomic E-state index is 12.5. The first-order valence-electron chi connectivity index (χ1n) is 5.80. The lowest BCUT2D eigenvalue weighted by Gasteiger charge is -2.13. The molecule has 0 bridgehead atoms. The van der Waals surface area contributed by atoms with Crippen LogP contribution in [0.4, 0.5) is 18.9 Å². The van der Waals surface area contributed by atoms with E-state index in [-0.39, 0.29) is 0 Å². The number of alkyl halides is 3. The quantitative estimate of drug-likeness (QED) is 0.727. The molecule has 0 radical (unpaired) electrons. The fourth-order valence-corrected chi connectivity index (χ4v) is 1.59. The third kappa shape index (κ3) is 5.89. The minimum absolute atomic E-state index is 0.320. The molecule has 1 aromatic rings. The first-order valence-corrected chi connectivity index (χ1v) is 6.21. The van der Waals surface area contributed by atoms with Gasteiger partial charge in [-0.3, -0.25) is 0 Å². The lowest BCUT2D eigenvalue weighted by atomic mass is 10.2. The molecular weight excluding hydrogens is 275 g/mol. The van der Waals surface area contributed by atoms with Gasteiger partial charge in [0.15, 0.2) is 5.11 Å². The van der Waals surface area contributed by atoms with Crippen molar-refractivity contribution >= 4 is 23.0 Å². The minimum atomic E-state index is -4.35. The molecule has 0 saturated carbocycles. The summed E-state index contributed by atoms with van der Waals surface area (Å²) in [7, 11) is 4.01. The van der Waals surface area contributed by atoms with Gasteiger partial charge in [-0.1, -0.05) is 6.07 Å². The standard InChI is InChI=1S/C12H16F3N3S/c1-18(2)7-6-16-11(19)17-10-5-3-4-9(8-10)12(13,14)15/h3-5,8H,6-7H2,1-2H3,(H2,16,17,19)/p+1. The molecule has 0 fully saturated rings. The summed E-state index contributed by atoms with van der Waals surface area (Å²) in [5.74, 6) is 0. The molecule has 0 amide bonds. The molecule has 0 aromatic heterocycles. The Morgan fingerprint density at radius 1 is 1.32 bits per heavy atom. The normalized spacial score (nSPS) is 11.5. The number of quaternary nitrogens is 1. The van der Waals surface area contributed by atoms with E-state index in [1.54, 1.807) is 6.07 Å². The second kappa shape index (κ2) is 6.72. The number of nitrogens with one attached hydrogen (secondary N) is 3. The third-order valence-corrected chi connectivity index (χ3v) is 2.60. The van der Waals surface area contributed by atoms with Gasteiger partial charge in [0.25, 0.3) is 0 Å². The van der Waals surface area contributed by atoms with Crippen molar-refractivity contribution < 1.29 is 18.1 Å². The maximum Gasteiger partial charge on any atom is 0.416 e. The molecule has 19 heavy (non-hydrogen) atoms. The van der Waals surface area contributed by atoms with E-state index in [1.807, 2.05) is 14.1 Å². The van der Waals surface area contributed by atoms with Crippen molar-refractivity contribution in [2.45, 2.75) is 6.18 Å². The summed E-state index contributed by atoms with van der Waals surface area (Å²) in [6, 6.07) is 4.94. The van der Waals surface area contributed by atoms with Gasteiger partial charge in [-0.25, -0.2) is 0 Å². The van der Waals surface area contributed by atoms with E-state index in [0.29, 0.717) is 17.3 Å². The van der Waals surface area contributed by atoms with Crippen LogP contribution in [0.2, 0.25) is 0 Å². The largest absolute Gasteiger partial charge is 0.416 e. The van der Waals surface area contributed by atoms with Crippen molar-refractivity contribution in [3.05, 3.63) is 29.8 Å². The first-order chi connectivity index (χ1) is 8.79. The highest BCUT2D eigenvalue weighted by molar-refractivity contribution is 7.80. The molecule has 0 atom stereocenters. The van der Waals surface area contributed by atoms with E-state index in [1.165, 1.54) is 11.0 Å². The van der Waals surface area contributed by atoms with Gasteiger partial charge in [0.1, 0.15) is 0 Å². The molecule has 0 spiro atoms. The molecule has 0 aliphatic rings. The van der Waals surface area contributed by atoms with E-state index in [9.17, 15) is 13.2 Å².